The Balaban J connectivity index is 2.05. The van der Waals surface area contributed by atoms with Crippen LogP contribution in [-0.2, 0) is 0 Å². The summed E-state index contributed by atoms with van der Waals surface area (Å²) in [6.45, 7) is 10.6. The van der Waals surface area contributed by atoms with Gasteiger partial charge in [-0.2, -0.15) is 9.61 Å². The fourth-order valence-electron chi connectivity index (χ4n) is 3.47. The van der Waals surface area contributed by atoms with Crippen LogP contribution in [0.3, 0.4) is 0 Å². The van der Waals surface area contributed by atoms with Crippen molar-refractivity contribution in [3.63, 3.8) is 0 Å². The van der Waals surface area contributed by atoms with E-state index in [9.17, 15) is 0 Å². The van der Waals surface area contributed by atoms with Gasteiger partial charge in [0.2, 0.25) is 0 Å². The number of rotatable bonds is 7. The molecule has 0 aliphatic rings. The van der Waals surface area contributed by atoms with Crippen molar-refractivity contribution in [2.45, 2.75) is 52.4 Å². The number of unbranched alkanes of at least 4 members (excludes halogenated alkanes) is 2. The largest absolute Gasteiger partial charge is 0.384 e. The predicted octanol–water partition coefficient (Wildman–Crippen LogP) is 4.29. The summed E-state index contributed by atoms with van der Waals surface area (Å²) in [5.74, 6) is 1.00. The van der Waals surface area contributed by atoms with Gasteiger partial charge in [0.05, 0.1) is 6.20 Å². The number of nitrogens with two attached hydrogens (primary N) is 1. The second kappa shape index (κ2) is 8.87. The molecule has 0 amide bonds. The molecule has 0 fully saturated rings. The Kier molecular flexibility index (Phi) is 6.30. The van der Waals surface area contributed by atoms with Gasteiger partial charge in [-0.25, -0.2) is 4.98 Å². The first-order valence-corrected chi connectivity index (χ1v) is 10.1. The molecule has 1 atom stereocenters. The van der Waals surface area contributed by atoms with Gasteiger partial charge in [-0.15, -0.1) is 0 Å². The van der Waals surface area contributed by atoms with E-state index in [1.807, 2.05) is 37.4 Å². The Morgan fingerprint density at radius 1 is 1.29 bits per heavy atom. The maximum absolute atomic E-state index is 6.30. The van der Waals surface area contributed by atoms with Crippen molar-refractivity contribution in [3.05, 3.63) is 64.3 Å². The molecule has 2 heterocycles. The molecule has 4 heteroatoms. The van der Waals surface area contributed by atoms with Gasteiger partial charge in [0, 0.05) is 17.3 Å². The Morgan fingerprint density at radius 2 is 2.07 bits per heavy atom. The highest BCUT2D eigenvalue weighted by Gasteiger charge is 2.15. The number of anilines is 1. The van der Waals surface area contributed by atoms with Crippen LogP contribution >= 0.6 is 0 Å². The van der Waals surface area contributed by atoms with Crippen LogP contribution in [0.1, 0.15) is 63.6 Å². The molecule has 0 aliphatic heterocycles. The number of nitrogens with zero attached hydrogens (tertiary/aromatic N) is 3. The summed E-state index contributed by atoms with van der Waals surface area (Å²) in [4.78, 5) is 4.95. The number of aromatic nitrogens is 3. The van der Waals surface area contributed by atoms with E-state index < -0.39 is 0 Å². The summed E-state index contributed by atoms with van der Waals surface area (Å²) in [5.41, 5.74) is 10.2. The first kappa shape index (κ1) is 19.9. The second-order valence-electron chi connectivity index (χ2n) is 7.38. The summed E-state index contributed by atoms with van der Waals surface area (Å²) in [5, 5.41) is 6.57. The van der Waals surface area contributed by atoms with Crippen LogP contribution in [0.25, 0.3) is 23.9 Å². The van der Waals surface area contributed by atoms with Crippen LogP contribution in [0.4, 0.5) is 5.82 Å². The van der Waals surface area contributed by atoms with E-state index in [1.165, 1.54) is 19.3 Å². The van der Waals surface area contributed by atoms with Crippen molar-refractivity contribution >= 4 is 29.7 Å². The zero-order chi connectivity index (χ0) is 20.1. The fraction of sp³-hybridized carbons (Fsp3) is 0.333. The Bertz CT molecular complexity index is 1090. The second-order valence-corrected chi connectivity index (χ2v) is 7.38. The third-order valence-corrected chi connectivity index (χ3v) is 5.25. The van der Waals surface area contributed by atoms with Crippen LogP contribution in [-0.4, -0.2) is 14.6 Å². The SMILES string of the molecule is C=c1cccc/c1=C/C(=CC)c1cnn2c(N)cc(C(C)CCCCC)nc12. The van der Waals surface area contributed by atoms with Crippen molar-refractivity contribution in [2.75, 3.05) is 5.73 Å². The highest BCUT2D eigenvalue weighted by atomic mass is 15.3. The number of hydrogen-bond acceptors (Lipinski definition) is 3. The lowest BCUT2D eigenvalue weighted by atomic mass is 9.99. The minimum Gasteiger partial charge on any atom is -0.384 e. The van der Waals surface area contributed by atoms with E-state index in [0.29, 0.717) is 11.7 Å². The van der Waals surface area contributed by atoms with E-state index in [2.05, 4.69) is 43.7 Å². The van der Waals surface area contributed by atoms with Gasteiger partial charge in [0.1, 0.15) is 5.82 Å². The Labute approximate surface area is 167 Å². The zero-order valence-corrected chi connectivity index (χ0v) is 17.2. The van der Waals surface area contributed by atoms with Gasteiger partial charge >= 0.3 is 0 Å². The third-order valence-electron chi connectivity index (χ3n) is 5.25. The minimum absolute atomic E-state index is 0.375. The molecule has 28 heavy (non-hydrogen) atoms. The summed E-state index contributed by atoms with van der Waals surface area (Å²) in [7, 11) is 0. The summed E-state index contributed by atoms with van der Waals surface area (Å²) >= 11 is 0. The molecule has 1 unspecified atom stereocenters. The van der Waals surface area contributed by atoms with E-state index in [0.717, 1.165) is 39.3 Å². The van der Waals surface area contributed by atoms with Gasteiger partial charge in [-0.3, -0.25) is 0 Å². The highest BCUT2D eigenvalue weighted by molar-refractivity contribution is 5.93. The smallest absolute Gasteiger partial charge is 0.165 e. The van der Waals surface area contributed by atoms with E-state index in [1.54, 1.807) is 4.52 Å². The maximum atomic E-state index is 6.30. The average Bonchev–Trinajstić information content (AvgIpc) is 3.12. The molecule has 3 rings (SSSR count). The minimum atomic E-state index is 0.375. The molecule has 2 aromatic heterocycles. The number of benzene rings is 1. The number of fused-ring (bicyclic) bond motifs is 1. The average molecular weight is 375 g/mol. The standard InChI is InChI=1S/C24H30N4/c1-5-7-8-12-18(4)22-15-23(25)28-24(27-22)21(16-26-28)19(6-2)14-20-13-10-9-11-17(20)3/h6,9-11,13-16,18H,3,5,7-8,12,25H2,1-2,4H3/b19-6?,20-14-. The van der Waals surface area contributed by atoms with Gasteiger partial charge in [0.25, 0.3) is 0 Å². The summed E-state index contributed by atoms with van der Waals surface area (Å²) < 4.78 is 1.73. The van der Waals surface area contributed by atoms with E-state index in [-0.39, 0.29) is 0 Å². The molecule has 4 nitrogen and oxygen atoms in total. The van der Waals surface area contributed by atoms with Gasteiger partial charge in [0.15, 0.2) is 5.65 Å². The molecule has 2 N–H and O–H groups in total. The molecule has 0 spiro atoms. The topological polar surface area (TPSA) is 56.2 Å². The van der Waals surface area contributed by atoms with Crippen molar-refractivity contribution in [2.24, 2.45) is 0 Å². The predicted molar refractivity (Wildman–Crippen MR) is 119 cm³/mol. The molecule has 146 valence electrons. The zero-order valence-electron chi connectivity index (χ0n) is 17.2. The van der Waals surface area contributed by atoms with E-state index >= 15 is 0 Å². The Morgan fingerprint density at radius 3 is 2.79 bits per heavy atom. The number of allylic oxidation sites excluding steroid dienone is 2. The van der Waals surface area contributed by atoms with Crippen molar-refractivity contribution in [3.8, 4) is 0 Å². The van der Waals surface area contributed by atoms with Gasteiger partial charge < -0.3 is 5.73 Å². The highest BCUT2D eigenvalue weighted by Crippen LogP contribution is 2.26. The van der Waals surface area contributed by atoms with Gasteiger partial charge in [-0.05, 0) is 41.3 Å². The number of hydrogen-bond donors (Lipinski definition) is 1. The number of nitrogen functional groups attached to an aromatic ring is 1. The molecule has 0 saturated heterocycles. The monoisotopic (exact) mass is 374 g/mol. The van der Waals surface area contributed by atoms with Crippen molar-refractivity contribution in [1.82, 2.24) is 14.6 Å². The lowest BCUT2D eigenvalue weighted by Crippen LogP contribution is -2.21. The van der Waals surface area contributed by atoms with Crippen molar-refractivity contribution in [1.29, 1.82) is 0 Å². The molecule has 0 saturated carbocycles. The van der Waals surface area contributed by atoms with Crippen LogP contribution in [0.15, 0.2) is 42.6 Å². The van der Waals surface area contributed by atoms with Crippen LogP contribution < -0.4 is 16.2 Å². The lowest BCUT2D eigenvalue weighted by Gasteiger charge is -2.12. The quantitative estimate of drug-likeness (QED) is 0.628. The first-order chi connectivity index (χ1) is 13.5. The fourth-order valence-corrected chi connectivity index (χ4v) is 3.47. The van der Waals surface area contributed by atoms with Crippen LogP contribution in [0.2, 0.25) is 0 Å². The molecular weight excluding hydrogens is 344 g/mol. The van der Waals surface area contributed by atoms with Gasteiger partial charge in [-0.1, -0.05) is 70.0 Å². The first-order valence-electron chi connectivity index (χ1n) is 10.1. The molecular formula is C24H30N4. The molecule has 0 bridgehead atoms. The van der Waals surface area contributed by atoms with E-state index in [4.69, 9.17) is 10.7 Å². The molecule has 0 aliphatic carbocycles. The third kappa shape index (κ3) is 4.16. The van der Waals surface area contributed by atoms with Crippen molar-refractivity contribution < 1.29 is 0 Å². The Hall–Kier alpha value is -2.88. The normalized spacial score (nSPS) is 14.0. The lowest BCUT2D eigenvalue weighted by molar-refractivity contribution is 0.588. The van der Waals surface area contributed by atoms with Crippen LogP contribution in [0, 0.1) is 0 Å². The maximum Gasteiger partial charge on any atom is 0.165 e. The molecule has 0 radical (unpaired) electrons. The van der Waals surface area contributed by atoms with Crippen LogP contribution in [0.5, 0.6) is 0 Å². The summed E-state index contributed by atoms with van der Waals surface area (Å²) in [6, 6.07) is 10.1. The molecule has 3 aromatic rings. The summed E-state index contributed by atoms with van der Waals surface area (Å²) in [6.07, 6.45) is 10.9. The molecule has 1 aromatic carbocycles.